The van der Waals surface area contributed by atoms with Gasteiger partial charge in [0.2, 0.25) is 0 Å². The molecule has 0 aromatic heterocycles. The Morgan fingerprint density at radius 1 is 0.923 bits per heavy atom. The minimum atomic E-state index is -1.35. The number of fused-ring (bicyclic) bond motifs is 1. The lowest BCUT2D eigenvalue weighted by Crippen LogP contribution is -2.23. The van der Waals surface area contributed by atoms with Gasteiger partial charge in [-0.25, -0.2) is 9.59 Å². The highest BCUT2D eigenvalue weighted by molar-refractivity contribution is 5.63. The van der Waals surface area contributed by atoms with Crippen LogP contribution in [0.3, 0.4) is 0 Å². The zero-order chi connectivity index (χ0) is 19.1. The molecule has 26 heavy (non-hydrogen) atoms. The summed E-state index contributed by atoms with van der Waals surface area (Å²) < 4.78 is 9.48. The summed E-state index contributed by atoms with van der Waals surface area (Å²) in [6, 6.07) is 12.3. The van der Waals surface area contributed by atoms with Crippen molar-refractivity contribution in [1.29, 1.82) is 0 Å². The van der Waals surface area contributed by atoms with Crippen molar-refractivity contribution in [3.63, 3.8) is 0 Å². The van der Waals surface area contributed by atoms with Gasteiger partial charge in [-0.2, -0.15) is 0 Å². The molecule has 1 aliphatic carbocycles. The van der Waals surface area contributed by atoms with Gasteiger partial charge in [0.25, 0.3) is 0 Å². The molecule has 0 spiro atoms. The third-order valence-corrected chi connectivity index (χ3v) is 5.34. The van der Waals surface area contributed by atoms with Crippen LogP contribution in [0.15, 0.2) is 42.5 Å². The standard InChI is InChI=1S/C20H20O6/c1-11-17(12-4-6-13(7-5-12)25-18(21)22)15-10-14(26-19(23)24)8-9-16(15)20(11,2)3/h4-11,17H,1-3H3,(H,21,22)(H,23,24). The summed E-state index contributed by atoms with van der Waals surface area (Å²) >= 11 is 0. The average Bonchev–Trinajstić information content (AvgIpc) is 2.74. The van der Waals surface area contributed by atoms with Gasteiger partial charge in [0.15, 0.2) is 0 Å². The Morgan fingerprint density at radius 3 is 2.04 bits per heavy atom. The first-order valence-electron chi connectivity index (χ1n) is 8.26. The molecular formula is C20H20O6. The fourth-order valence-electron chi connectivity index (χ4n) is 3.79. The molecule has 0 aliphatic heterocycles. The van der Waals surface area contributed by atoms with Crippen LogP contribution in [0.1, 0.15) is 43.4 Å². The molecule has 0 radical (unpaired) electrons. The molecule has 2 aromatic rings. The second-order valence-electron chi connectivity index (χ2n) is 7.04. The molecule has 6 heteroatoms. The van der Waals surface area contributed by atoms with Gasteiger partial charge in [0, 0.05) is 5.92 Å². The highest BCUT2D eigenvalue weighted by atomic mass is 16.7. The van der Waals surface area contributed by atoms with Gasteiger partial charge in [0.05, 0.1) is 0 Å². The fraction of sp³-hybridized carbons (Fsp3) is 0.300. The van der Waals surface area contributed by atoms with Gasteiger partial charge in [-0.3, -0.25) is 0 Å². The van der Waals surface area contributed by atoms with Crippen molar-refractivity contribution >= 4 is 12.3 Å². The van der Waals surface area contributed by atoms with E-state index in [1.165, 1.54) is 0 Å². The highest BCUT2D eigenvalue weighted by Gasteiger charge is 2.44. The van der Waals surface area contributed by atoms with E-state index in [0.717, 1.165) is 16.7 Å². The summed E-state index contributed by atoms with van der Waals surface area (Å²) in [4.78, 5) is 21.5. The molecule has 0 fully saturated rings. The first-order chi connectivity index (χ1) is 12.2. The summed E-state index contributed by atoms with van der Waals surface area (Å²) in [5.74, 6) is 0.839. The molecule has 3 rings (SSSR count). The Hall–Kier alpha value is -3.02. The molecule has 6 nitrogen and oxygen atoms in total. The van der Waals surface area contributed by atoms with Crippen LogP contribution in [-0.2, 0) is 5.41 Å². The molecule has 136 valence electrons. The molecule has 1 aliphatic rings. The van der Waals surface area contributed by atoms with E-state index in [1.807, 2.05) is 18.2 Å². The first-order valence-corrected chi connectivity index (χ1v) is 8.26. The van der Waals surface area contributed by atoms with E-state index < -0.39 is 12.3 Å². The monoisotopic (exact) mass is 356 g/mol. The maximum Gasteiger partial charge on any atom is 0.511 e. The van der Waals surface area contributed by atoms with Crippen molar-refractivity contribution in [2.45, 2.75) is 32.1 Å². The van der Waals surface area contributed by atoms with Crippen molar-refractivity contribution in [2.75, 3.05) is 0 Å². The second-order valence-corrected chi connectivity index (χ2v) is 7.04. The van der Waals surface area contributed by atoms with E-state index in [1.54, 1.807) is 24.3 Å². The Kier molecular flexibility index (Phi) is 4.36. The number of carboxylic acid groups (broad SMARTS) is 2. The topological polar surface area (TPSA) is 93.1 Å². The van der Waals surface area contributed by atoms with Crippen LogP contribution >= 0.6 is 0 Å². The van der Waals surface area contributed by atoms with Gasteiger partial charge in [-0.1, -0.05) is 39.0 Å². The molecule has 2 unspecified atom stereocenters. The Bertz CT molecular complexity index is 853. The number of carbonyl (C=O) groups is 2. The molecule has 0 saturated carbocycles. The van der Waals surface area contributed by atoms with Crippen molar-refractivity contribution in [3.8, 4) is 11.5 Å². The van der Waals surface area contributed by atoms with E-state index in [9.17, 15) is 9.59 Å². The number of benzene rings is 2. The molecule has 0 bridgehead atoms. The van der Waals surface area contributed by atoms with Crippen LogP contribution in [-0.4, -0.2) is 22.5 Å². The lowest BCUT2D eigenvalue weighted by Gasteiger charge is -2.28. The zero-order valence-electron chi connectivity index (χ0n) is 14.7. The number of hydrogen-bond acceptors (Lipinski definition) is 4. The van der Waals surface area contributed by atoms with Gasteiger partial charge in [-0.15, -0.1) is 0 Å². The predicted molar refractivity (Wildman–Crippen MR) is 94.2 cm³/mol. The lowest BCUT2D eigenvalue weighted by atomic mass is 9.75. The second kappa shape index (κ2) is 6.37. The maximum absolute atomic E-state index is 10.9. The molecule has 0 heterocycles. The van der Waals surface area contributed by atoms with E-state index in [4.69, 9.17) is 14.9 Å². The van der Waals surface area contributed by atoms with Crippen molar-refractivity contribution in [3.05, 3.63) is 59.2 Å². The lowest BCUT2D eigenvalue weighted by molar-refractivity contribution is 0.143. The van der Waals surface area contributed by atoms with Gasteiger partial charge in [-0.05, 0) is 52.3 Å². The smallest absolute Gasteiger partial charge is 0.449 e. The van der Waals surface area contributed by atoms with Crippen LogP contribution in [0.5, 0.6) is 11.5 Å². The fourth-order valence-corrected chi connectivity index (χ4v) is 3.79. The summed E-state index contributed by atoms with van der Waals surface area (Å²) in [6.45, 7) is 6.48. The van der Waals surface area contributed by atoms with Gasteiger partial charge >= 0.3 is 12.3 Å². The minimum Gasteiger partial charge on any atom is -0.449 e. The van der Waals surface area contributed by atoms with Gasteiger partial charge in [0.1, 0.15) is 11.5 Å². The van der Waals surface area contributed by atoms with Crippen LogP contribution in [0.4, 0.5) is 9.59 Å². The number of ether oxygens (including phenoxy) is 2. The molecule has 2 N–H and O–H groups in total. The number of hydrogen-bond donors (Lipinski definition) is 2. The molecule has 0 saturated heterocycles. The number of rotatable bonds is 3. The van der Waals surface area contributed by atoms with Crippen LogP contribution in [0.25, 0.3) is 0 Å². The molecule has 2 atom stereocenters. The highest BCUT2D eigenvalue weighted by Crippen LogP contribution is 2.53. The van der Waals surface area contributed by atoms with E-state index in [-0.39, 0.29) is 28.7 Å². The molecule has 0 amide bonds. The van der Waals surface area contributed by atoms with Crippen LogP contribution < -0.4 is 9.47 Å². The van der Waals surface area contributed by atoms with Crippen molar-refractivity contribution < 1.29 is 29.3 Å². The normalized spacial score (nSPS) is 20.3. The minimum absolute atomic E-state index is 0.0382. The first kappa shape index (κ1) is 17.8. The summed E-state index contributed by atoms with van der Waals surface area (Å²) in [5.41, 5.74) is 3.08. The third kappa shape index (κ3) is 3.10. The largest absolute Gasteiger partial charge is 0.511 e. The predicted octanol–water partition coefficient (Wildman–Crippen LogP) is 4.86. The van der Waals surface area contributed by atoms with Crippen LogP contribution in [0, 0.1) is 5.92 Å². The van der Waals surface area contributed by atoms with E-state index >= 15 is 0 Å². The average molecular weight is 356 g/mol. The summed E-state index contributed by atoms with van der Waals surface area (Å²) in [6.07, 6.45) is -2.70. The zero-order valence-corrected chi connectivity index (χ0v) is 14.7. The van der Waals surface area contributed by atoms with Gasteiger partial charge < -0.3 is 19.7 Å². The Balaban J connectivity index is 2.02. The quantitative estimate of drug-likeness (QED) is 0.603. The maximum atomic E-state index is 10.9. The van der Waals surface area contributed by atoms with Crippen LogP contribution in [0.2, 0.25) is 0 Å². The third-order valence-electron chi connectivity index (χ3n) is 5.34. The molecule has 2 aromatic carbocycles. The summed E-state index contributed by atoms with van der Waals surface area (Å²) in [7, 11) is 0. The molecular weight excluding hydrogens is 336 g/mol. The van der Waals surface area contributed by atoms with E-state index in [0.29, 0.717) is 0 Å². The Labute approximate surface area is 151 Å². The van der Waals surface area contributed by atoms with Crippen molar-refractivity contribution in [1.82, 2.24) is 0 Å². The Morgan fingerprint density at radius 2 is 1.46 bits per heavy atom. The summed E-state index contributed by atoms with van der Waals surface area (Å²) in [5, 5.41) is 17.6. The SMILES string of the molecule is CC1C(c2ccc(OC(=O)O)cc2)c2cc(OC(=O)O)ccc2C1(C)C. The van der Waals surface area contributed by atoms with Crippen molar-refractivity contribution in [2.24, 2.45) is 5.92 Å². The van der Waals surface area contributed by atoms with E-state index in [2.05, 4.69) is 25.5 Å².